The lowest BCUT2D eigenvalue weighted by molar-refractivity contribution is -0.119. The molecule has 0 spiro atoms. The van der Waals surface area contributed by atoms with Gasteiger partial charge in [0.15, 0.2) is 5.13 Å². The summed E-state index contributed by atoms with van der Waals surface area (Å²) in [5.74, 6) is -0.263. The molecule has 144 valence electrons. The standard InChI is InChI=1S/C21H21N3O2S2/c1-13-4-5-16(14(2)10-13)6-9-20(26)24-21-23-18(12-27-21)19-8-7-17(28-19)11-22-15(3)25/h4-10,12H,11H2,1-3H3,(H,22,25)(H,23,24,26)/b9-6+. The third-order valence-electron chi connectivity index (χ3n) is 4.00. The van der Waals surface area contributed by atoms with Crippen LogP contribution in [0.5, 0.6) is 0 Å². The summed E-state index contributed by atoms with van der Waals surface area (Å²) in [6, 6.07) is 10.1. The molecule has 1 aromatic carbocycles. The molecular formula is C21H21N3O2S2. The molecular weight excluding hydrogens is 390 g/mol. The van der Waals surface area contributed by atoms with E-state index < -0.39 is 0 Å². The zero-order chi connectivity index (χ0) is 20.1. The number of amides is 2. The number of carbonyl (C=O) groups excluding carboxylic acids is 2. The Morgan fingerprint density at radius 3 is 2.75 bits per heavy atom. The van der Waals surface area contributed by atoms with Crippen LogP contribution in [0.15, 0.2) is 41.8 Å². The van der Waals surface area contributed by atoms with E-state index >= 15 is 0 Å². The number of nitrogens with zero attached hydrogens (tertiary/aromatic N) is 1. The van der Waals surface area contributed by atoms with Crippen molar-refractivity contribution in [1.82, 2.24) is 10.3 Å². The second-order valence-electron chi connectivity index (χ2n) is 6.40. The Kier molecular flexibility index (Phi) is 6.38. The molecule has 5 nitrogen and oxygen atoms in total. The van der Waals surface area contributed by atoms with Crippen molar-refractivity contribution < 1.29 is 9.59 Å². The first-order valence-corrected chi connectivity index (χ1v) is 10.5. The van der Waals surface area contributed by atoms with Crippen LogP contribution in [0, 0.1) is 13.8 Å². The van der Waals surface area contributed by atoms with Crippen LogP contribution in [0.3, 0.4) is 0 Å². The summed E-state index contributed by atoms with van der Waals surface area (Å²) in [5, 5.41) is 8.06. The van der Waals surface area contributed by atoms with Crippen molar-refractivity contribution in [3.63, 3.8) is 0 Å². The fourth-order valence-corrected chi connectivity index (χ4v) is 4.29. The van der Waals surface area contributed by atoms with E-state index in [0.29, 0.717) is 11.7 Å². The van der Waals surface area contributed by atoms with Crippen molar-refractivity contribution in [2.75, 3.05) is 5.32 Å². The Bertz CT molecular complexity index is 1030. The molecule has 3 aromatic rings. The average Bonchev–Trinajstić information content (AvgIpc) is 3.28. The fourth-order valence-electron chi connectivity index (χ4n) is 2.59. The number of thiazole rings is 1. The number of hydrogen-bond donors (Lipinski definition) is 2. The molecule has 0 saturated carbocycles. The number of aryl methyl sites for hydroxylation is 2. The smallest absolute Gasteiger partial charge is 0.250 e. The first kappa shape index (κ1) is 20.0. The first-order chi connectivity index (χ1) is 13.4. The number of thiophene rings is 1. The van der Waals surface area contributed by atoms with Crippen molar-refractivity contribution in [1.29, 1.82) is 0 Å². The fraction of sp³-hybridized carbons (Fsp3) is 0.190. The number of aromatic nitrogens is 1. The van der Waals surface area contributed by atoms with Crippen molar-refractivity contribution >= 4 is 45.7 Å². The Labute approximate surface area is 172 Å². The van der Waals surface area contributed by atoms with Crippen LogP contribution in [0.25, 0.3) is 16.6 Å². The minimum absolute atomic E-state index is 0.0532. The van der Waals surface area contributed by atoms with Crippen LogP contribution in [0.1, 0.15) is 28.5 Å². The van der Waals surface area contributed by atoms with Gasteiger partial charge in [0.25, 0.3) is 0 Å². The van der Waals surface area contributed by atoms with Crippen molar-refractivity contribution in [3.8, 4) is 10.6 Å². The van der Waals surface area contributed by atoms with Gasteiger partial charge in [-0.25, -0.2) is 4.98 Å². The van der Waals surface area contributed by atoms with Gasteiger partial charge in [0, 0.05) is 23.3 Å². The molecule has 0 aliphatic carbocycles. The van der Waals surface area contributed by atoms with Crippen LogP contribution in [-0.2, 0) is 16.1 Å². The monoisotopic (exact) mass is 411 g/mol. The van der Waals surface area contributed by atoms with E-state index in [4.69, 9.17) is 0 Å². The zero-order valence-corrected chi connectivity index (χ0v) is 17.5. The lowest BCUT2D eigenvalue weighted by Gasteiger charge is -2.01. The Balaban J connectivity index is 1.61. The Hall–Kier alpha value is -2.77. The quantitative estimate of drug-likeness (QED) is 0.574. The summed E-state index contributed by atoms with van der Waals surface area (Å²) in [7, 11) is 0. The lowest BCUT2D eigenvalue weighted by atomic mass is 10.1. The normalized spacial score (nSPS) is 11.0. The van der Waals surface area contributed by atoms with Crippen LogP contribution in [-0.4, -0.2) is 16.8 Å². The topological polar surface area (TPSA) is 71.1 Å². The van der Waals surface area contributed by atoms with Gasteiger partial charge in [-0.3, -0.25) is 14.9 Å². The van der Waals surface area contributed by atoms with Crippen molar-refractivity contribution in [2.45, 2.75) is 27.3 Å². The summed E-state index contributed by atoms with van der Waals surface area (Å²) >= 11 is 2.96. The highest BCUT2D eigenvalue weighted by molar-refractivity contribution is 7.17. The largest absolute Gasteiger partial charge is 0.351 e. The number of benzene rings is 1. The zero-order valence-electron chi connectivity index (χ0n) is 15.9. The molecule has 0 aliphatic heterocycles. The predicted octanol–water partition coefficient (Wildman–Crippen LogP) is 4.78. The van der Waals surface area contributed by atoms with E-state index in [0.717, 1.165) is 26.6 Å². The van der Waals surface area contributed by atoms with Crippen LogP contribution in [0.4, 0.5) is 5.13 Å². The molecule has 28 heavy (non-hydrogen) atoms. The minimum Gasteiger partial charge on any atom is -0.351 e. The predicted molar refractivity (Wildman–Crippen MR) is 117 cm³/mol. The molecule has 2 aromatic heterocycles. The molecule has 0 radical (unpaired) electrons. The van der Waals surface area contributed by atoms with Gasteiger partial charge >= 0.3 is 0 Å². The summed E-state index contributed by atoms with van der Waals surface area (Å²) in [6.07, 6.45) is 3.33. The van der Waals surface area contributed by atoms with Gasteiger partial charge in [0.1, 0.15) is 0 Å². The number of hydrogen-bond acceptors (Lipinski definition) is 5. The molecule has 2 amide bonds. The van der Waals surface area contributed by atoms with E-state index in [9.17, 15) is 9.59 Å². The highest BCUT2D eigenvalue weighted by atomic mass is 32.1. The first-order valence-electron chi connectivity index (χ1n) is 8.76. The Morgan fingerprint density at radius 2 is 2.00 bits per heavy atom. The second-order valence-corrected chi connectivity index (χ2v) is 8.42. The SMILES string of the molecule is CC(=O)NCc1ccc(-c2csc(NC(=O)/C=C/c3ccc(C)cc3C)n2)s1. The number of rotatable bonds is 6. The number of carbonyl (C=O) groups is 2. The second kappa shape index (κ2) is 8.95. The van der Waals surface area contributed by atoms with Crippen molar-refractivity contribution in [2.24, 2.45) is 0 Å². The maximum atomic E-state index is 12.2. The van der Waals surface area contributed by atoms with Gasteiger partial charge in [0.2, 0.25) is 11.8 Å². The van der Waals surface area contributed by atoms with E-state index in [1.807, 2.05) is 49.6 Å². The molecule has 2 N–H and O–H groups in total. The summed E-state index contributed by atoms with van der Waals surface area (Å²) < 4.78 is 0. The minimum atomic E-state index is -0.210. The van der Waals surface area contributed by atoms with Gasteiger partial charge in [-0.15, -0.1) is 22.7 Å². The van der Waals surface area contributed by atoms with Crippen LogP contribution < -0.4 is 10.6 Å². The summed E-state index contributed by atoms with van der Waals surface area (Å²) in [4.78, 5) is 29.8. The van der Waals surface area contributed by atoms with E-state index in [2.05, 4.69) is 21.7 Å². The molecule has 0 fully saturated rings. The van der Waals surface area contributed by atoms with Crippen LogP contribution >= 0.6 is 22.7 Å². The maximum Gasteiger partial charge on any atom is 0.250 e. The molecule has 0 atom stereocenters. The highest BCUT2D eigenvalue weighted by Crippen LogP contribution is 2.30. The van der Waals surface area contributed by atoms with Crippen LogP contribution in [0.2, 0.25) is 0 Å². The van der Waals surface area contributed by atoms with Gasteiger partial charge in [0.05, 0.1) is 17.1 Å². The molecule has 7 heteroatoms. The van der Waals surface area contributed by atoms with Crippen molar-refractivity contribution in [3.05, 3.63) is 63.4 Å². The van der Waals surface area contributed by atoms with Gasteiger partial charge in [-0.05, 0) is 43.2 Å². The Morgan fingerprint density at radius 1 is 1.18 bits per heavy atom. The molecule has 0 bridgehead atoms. The van der Waals surface area contributed by atoms with E-state index in [1.54, 1.807) is 11.3 Å². The maximum absolute atomic E-state index is 12.2. The van der Waals surface area contributed by atoms with Gasteiger partial charge in [-0.2, -0.15) is 0 Å². The molecule has 2 heterocycles. The summed E-state index contributed by atoms with van der Waals surface area (Å²) in [6.45, 7) is 6.08. The molecule has 0 saturated heterocycles. The van der Waals surface area contributed by atoms with Gasteiger partial charge < -0.3 is 5.32 Å². The van der Waals surface area contributed by atoms with E-state index in [1.165, 1.54) is 29.9 Å². The third-order valence-corrected chi connectivity index (χ3v) is 5.87. The summed E-state index contributed by atoms with van der Waals surface area (Å²) in [5.41, 5.74) is 4.17. The number of anilines is 1. The third kappa shape index (κ3) is 5.37. The highest BCUT2D eigenvalue weighted by Gasteiger charge is 2.09. The number of nitrogens with one attached hydrogen (secondary N) is 2. The molecule has 0 unspecified atom stereocenters. The van der Waals surface area contributed by atoms with E-state index in [-0.39, 0.29) is 11.8 Å². The average molecular weight is 412 g/mol. The van der Waals surface area contributed by atoms with Gasteiger partial charge in [-0.1, -0.05) is 23.8 Å². The lowest BCUT2D eigenvalue weighted by Crippen LogP contribution is -2.17. The molecule has 3 rings (SSSR count). The molecule has 0 aliphatic rings.